The molecule has 2 atom stereocenters. The fourth-order valence-electron chi connectivity index (χ4n) is 2.15. The third-order valence-electron chi connectivity index (χ3n) is 5.67. The van der Waals surface area contributed by atoms with Crippen LogP contribution in [0, 0.1) is 0 Å². The molecule has 0 fully saturated rings. The predicted octanol–water partition coefficient (Wildman–Crippen LogP) is 1.08. The van der Waals surface area contributed by atoms with E-state index in [4.69, 9.17) is 29.0 Å². The molecule has 0 aliphatic carbocycles. The van der Waals surface area contributed by atoms with Gasteiger partial charge in [-0.15, -0.1) is 0 Å². The van der Waals surface area contributed by atoms with Gasteiger partial charge in [0, 0.05) is 23.2 Å². The van der Waals surface area contributed by atoms with Gasteiger partial charge in [0.15, 0.2) is 0 Å². The van der Waals surface area contributed by atoms with Crippen molar-refractivity contribution in [2.24, 2.45) is 11.5 Å². The molecule has 0 aromatic rings. The molecule has 0 aliphatic heterocycles. The summed E-state index contributed by atoms with van der Waals surface area (Å²) >= 11 is 0. The van der Waals surface area contributed by atoms with Crippen molar-refractivity contribution in [3.8, 4) is 0 Å². The first kappa shape index (κ1) is 31.4. The molecule has 9 heteroatoms. The van der Waals surface area contributed by atoms with Crippen LogP contribution in [-0.4, -0.2) is 92.9 Å². The maximum absolute atomic E-state index is 8.52. The largest absolute Gasteiger partial charge is 0.759 e. The van der Waals surface area contributed by atoms with E-state index in [-0.39, 0.29) is 0 Å². The van der Waals surface area contributed by atoms with Crippen molar-refractivity contribution in [1.29, 1.82) is 0 Å². The molecule has 0 saturated carbocycles. The third-order valence-corrected chi connectivity index (χ3v) is 5.67. The number of nitrogens with zero attached hydrogens (tertiary/aromatic N) is 2. The van der Waals surface area contributed by atoms with Gasteiger partial charge in [0.2, 0.25) is 0 Å². The van der Waals surface area contributed by atoms with E-state index in [1.165, 1.54) is 25.9 Å². The standard InChI is InChI=1S/2C9H23N2.H2O4S/c2*1-5-11(3,4)9(2)7-6-8-10;1-5(2,3)4/h2*9H,5-8,10H2,1-4H3;(H2,1,2,3,4)/q2*+1;/p-2. The van der Waals surface area contributed by atoms with Crippen molar-refractivity contribution < 1.29 is 26.5 Å². The van der Waals surface area contributed by atoms with Crippen LogP contribution in [0.5, 0.6) is 0 Å². The average Bonchev–Trinajstić information content (AvgIpc) is 2.56. The molecule has 0 radical (unpaired) electrons. The van der Waals surface area contributed by atoms with E-state index in [9.17, 15) is 0 Å². The van der Waals surface area contributed by atoms with Crippen molar-refractivity contribution in [1.82, 2.24) is 0 Å². The van der Waals surface area contributed by atoms with Gasteiger partial charge in [0.1, 0.15) is 0 Å². The summed E-state index contributed by atoms with van der Waals surface area (Å²) < 4.78 is 36.3. The number of nitrogens with two attached hydrogens (primary N) is 2. The van der Waals surface area contributed by atoms with Crippen LogP contribution in [0.25, 0.3) is 0 Å². The van der Waals surface area contributed by atoms with Gasteiger partial charge in [-0.2, -0.15) is 0 Å². The van der Waals surface area contributed by atoms with Crippen molar-refractivity contribution in [2.45, 2.75) is 65.5 Å². The lowest BCUT2D eigenvalue weighted by atomic mass is 10.1. The summed E-state index contributed by atoms with van der Waals surface area (Å²) in [6, 6.07) is 1.48. The summed E-state index contributed by atoms with van der Waals surface area (Å²) in [6.45, 7) is 13.1. The Hall–Kier alpha value is -0.290. The number of quaternary nitrogens is 2. The van der Waals surface area contributed by atoms with E-state index in [2.05, 4.69) is 55.9 Å². The molecule has 0 spiro atoms. The third kappa shape index (κ3) is 21.9. The molecule has 0 saturated heterocycles. The quantitative estimate of drug-likeness (QED) is 0.312. The van der Waals surface area contributed by atoms with Crippen LogP contribution in [0.2, 0.25) is 0 Å². The molecule has 27 heavy (non-hydrogen) atoms. The second kappa shape index (κ2) is 15.6. The van der Waals surface area contributed by atoms with Crippen LogP contribution in [0.4, 0.5) is 0 Å². The number of rotatable bonds is 10. The normalized spacial score (nSPS) is 14.4. The van der Waals surface area contributed by atoms with E-state index in [1.54, 1.807) is 0 Å². The van der Waals surface area contributed by atoms with Crippen LogP contribution in [-0.2, 0) is 10.4 Å². The Morgan fingerprint density at radius 2 is 1.00 bits per heavy atom. The van der Waals surface area contributed by atoms with Gasteiger partial charge >= 0.3 is 0 Å². The summed E-state index contributed by atoms with van der Waals surface area (Å²) in [7, 11) is 3.95. The van der Waals surface area contributed by atoms with Crippen molar-refractivity contribution in [3.05, 3.63) is 0 Å². The molecular weight excluding hydrogens is 368 g/mol. The van der Waals surface area contributed by atoms with Crippen LogP contribution < -0.4 is 11.5 Å². The van der Waals surface area contributed by atoms with Crippen LogP contribution >= 0.6 is 0 Å². The highest BCUT2D eigenvalue weighted by Crippen LogP contribution is 2.11. The van der Waals surface area contributed by atoms with Gasteiger partial charge < -0.3 is 29.5 Å². The Kier molecular flexibility index (Phi) is 18.2. The Morgan fingerprint density at radius 3 is 1.15 bits per heavy atom. The average molecular weight is 415 g/mol. The zero-order valence-electron chi connectivity index (χ0n) is 18.9. The lowest BCUT2D eigenvalue weighted by Crippen LogP contribution is -2.47. The summed E-state index contributed by atoms with van der Waals surface area (Å²) in [5.74, 6) is 0. The van der Waals surface area contributed by atoms with Crippen molar-refractivity contribution >= 4 is 10.4 Å². The first-order valence-corrected chi connectivity index (χ1v) is 11.1. The molecule has 0 aliphatic rings. The van der Waals surface area contributed by atoms with Gasteiger partial charge in [0.25, 0.3) is 0 Å². The number of hydrogen-bond acceptors (Lipinski definition) is 6. The van der Waals surface area contributed by atoms with Gasteiger partial charge in [-0.3, -0.25) is 8.42 Å². The maximum Gasteiger partial charge on any atom is 0.0858 e. The zero-order valence-corrected chi connectivity index (χ0v) is 19.7. The molecule has 2 unspecified atom stereocenters. The molecular formula is C18H46N4O4S. The Bertz CT molecular complexity index is 409. The highest BCUT2D eigenvalue weighted by molar-refractivity contribution is 7.79. The molecule has 168 valence electrons. The summed E-state index contributed by atoms with van der Waals surface area (Å²) in [5, 5.41) is 0. The second-order valence-corrected chi connectivity index (χ2v) is 8.97. The van der Waals surface area contributed by atoms with E-state index in [0.717, 1.165) is 47.0 Å². The first-order valence-electron chi connectivity index (χ1n) is 9.81. The highest BCUT2D eigenvalue weighted by Gasteiger charge is 2.21. The van der Waals surface area contributed by atoms with E-state index < -0.39 is 10.4 Å². The number of hydrogen-bond donors (Lipinski definition) is 2. The first-order chi connectivity index (χ1) is 12.1. The summed E-state index contributed by atoms with van der Waals surface area (Å²) in [5.41, 5.74) is 10.9. The molecule has 0 heterocycles. The Labute approximate surface area is 168 Å². The second-order valence-electron chi connectivity index (χ2n) is 8.16. The topological polar surface area (TPSA) is 132 Å². The zero-order chi connectivity index (χ0) is 22.3. The SMILES string of the molecule is CC[N+](C)(C)C(C)CCCN.CC[N+](C)(C)C(C)CCCN.O=S(=O)([O-])[O-]. The van der Waals surface area contributed by atoms with Crippen molar-refractivity contribution in [2.75, 3.05) is 54.4 Å². The van der Waals surface area contributed by atoms with Gasteiger partial charge in [0.05, 0.1) is 53.4 Å². The monoisotopic (exact) mass is 414 g/mol. The van der Waals surface area contributed by atoms with Crippen molar-refractivity contribution in [3.63, 3.8) is 0 Å². The van der Waals surface area contributed by atoms with Crippen LogP contribution in [0.3, 0.4) is 0 Å². The Balaban J connectivity index is -0.000000344. The lowest BCUT2D eigenvalue weighted by Gasteiger charge is -2.35. The van der Waals surface area contributed by atoms with E-state index in [0.29, 0.717) is 0 Å². The van der Waals surface area contributed by atoms with Crippen LogP contribution in [0.15, 0.2) is 0 Å². The summed E-state index contributed by atoms with van der Waals surface area (Å²) in [6.07, 6.45) is 4.81. The Morgan fingerprint density at radius 1 is 0.778 bits per heavy atom. The predicted molar refractivity (Wildman–Crippen MR) is 111 cm³/mol. The molecule has 8 nitrogen and oxygen atoms in total. The fraction of sp³-hybridized carbons (Fsp3) is 1.00. The van der Waals surface area contributed by atoms with E-state index in [1.807, 2.05) is 0 Å². The van der Waals surface area contributed by atoms with Gasteiger partial charge in [-0.25, -0.2) is 0 Å². The van der Waals surface area contributed by atoms with Crippen LogP contribution in [0.1, 0.15) is 53.4 Å². The minimum Gasteiger partial charge on any atom is -0.759 e. The molecule has 0 aromatic carbocycles. The lowest BCUT2D eigenvalue weighted by molar-refractivity contribution is -0.911. The fourth-order valence-corrected chi connectivity index (χ4v) is 2.15. The molecule has 0 rings (SSSR count). The highest BCUT2D eigenvalue weighted by atomic mass is 32.3. The minimum absolute atomic E-state index is 0.739. The molecule has 0 amide bonds. The van der Waals surface area contributed by atoms with Gasteiger partial charge in [-0.05, 0) is 53.6 Å². The summed E-state index contributed by atoms with van der Waals surface area (Å²) in [4.78, 5) is 0. The van der Waals surface area contributed by atoms with Gasteiger partial charge in [-0.1, -0.05) is 0 Å². The molecule has 0 aromatic heterocycles. The smallest absolute Gasteiger partial charge is 0.0858 e. The molecule has 4 N–H and O–H groups in total. The maximum atomic E-state index is 8.52. The molecule has 0 bridgehead atoms. The minimum atomic E-state index is -5.17. The van der Waals surface area contributed by atoms with E-state index >= 15 is 0 Å².